The maximum absolute atomic E-state index is 12.4. The van der Waals surface area contributed by atoms with Crippen LogP contribution >= 0.6 is 12.4 Å². The van der Waals surface area contributed by atoms with Crippen LogP contribution in [0, 0.1) is 19.8 Å². The zero-order chi connectivity index (χ0) is 17.5. The van der Waals surface area contributed by atoms with Crippen molar-refractivity contribution in [3.63, 3.8) is 0 Å². The predicted octanol–water partition coefficient (Wildman–Crippen LogP) is 3.54. The molecule has 0 saturated carbocycles. The van der Waals surface area contributed by atoms with Crippen molar-refractivity contribution in [1.29, 1.82) is 0 Å². The number of piperidine rings is 1. The van der Waals surface area contributed by atoms with Crippen molar-refractivity contribution in [2.75, 3.05) is 26.7 Å². The Kier molecular flexibility index (Phi) is 9.15. The Morgan fingerprint density at radius 2 is 1.84 bits per heavy atom. The zero-order valence-electron chi connectivity index (χ0n) is 15.6. The lowest BCUT2D eigenvalue weighted by atomic mass is 9.93. The van der Waals surface area contributed by atoms with E-state index < -0.39 is 0 Å². The summed E-state index contributed by atoms with van der Waals surface area (Å²) in [5.74, 6) is 0.923. The second-order valence-corrected chi connectivity index (χ2v) is 6.96. The Balaban J connectivity index is 0.00000312. The Morgan fingerprint density at radius 1 is 1.16 bits per heavy atom. The minimum absolute atomic E-state index is 0. The molecule has 1 aliphatic rings. The first-order chi connectivity index (χ1) is 11.5. The van der Waals surface area contributed by atoms with Gasteiger partial charge in [-0.2, -0.15) is 0 Å². The summed E-state index contributed by atoms with van der Waals surface area (Å²) in [5, 5.41) is 3.19. The van der Waals surface area contributed by atoms with Gasteiger partial charge in [0.15, 0.2) is 5.78 Å². The molecule has 1 heterocycles. The fourth-order valence-corrected chi connectivity index (χ4v) is 3.37. The van der Waals surface area contributed by atoms with Gasteiger partial charge in [0.05, 0.1) is 0 Å². The van der Waals surface area contributed by atoms with Crippen LogP contribution in [-0.4, -0.2) is 43.3 Å². The van der Waals surface area contributed by atoms with Gasteiger partial charge in [-0.05, 0) is 64.3 Å². The molecule has 25 heavy (non-hydrogen) atoms. The van der Waals surface area contributed by atoms with Crippen LogP contribution < -0.4 is 5.32 Å². The van der Waals surface area contributed by atoms with Crippen molar-refractivity contribution in [2.24, 2.45) is 5.92 Å². The number of amides is 1. The molecule has 0 aliphatic carbocycles. The largest absolute Gasteiger partial charge is 0.343 e. The highest BCUT2D eigenvalue weighted by molar-refractivity contribution is 5.99. The number of carbonyl (C=O) groups is 2. The van der Waals surface area contributed by atoms with E-state index in [1.807, 2.05) is 44.0 Å². The number of ketones is 1. The van der Waals surface area contributed by atoms with Crippen molar-refractivity contribution < 1.29 is 9.59 Å². The van der Waals surface area contributed by atoms with Gasteiger partial charge in [0, 0.05) is 31.5 Å². The smallest absolute Gasteiger partial charge is 0.223 e. The van der Waals surface area contributed by atoms with Gasteiger partial charge in [-0.1, -0.05) is 17.7 Å². The van der Waals surface area contributed by atoms with Gasteiger partial charge in [0.25, 0.3) is 0 Å². The second kappa shape index (κ2) is 10.6. The summed E-state index contributed by atoms with van der Waals surface area (Å²) < 4.78 is 0. The van der Waals surface area contributed by atoms with Crippen molar-refractivity contribution in [2.45, 2.75) is 46.0 Å². The van der Waals surface area contributed by atoms with Crippen LogP contribution in [0.15, 0.2) is 18.2 Å². The molecule has 0 atom stereocenters. The summed E-state index contributed by atoms with van der Waals surface area (Å²) in [5.41, 5.74) is 2.83. The van der Waals surface area contributed by atoms with Crippen molar-refractivity contribution in [3.05, 3.63) is 34.9 Å². The highest BCUT2D eigenvalue weighted by Gasteiger charge is 2.23. The number of hydrogen-bond donors (Lipinski definition) is 1. The van der Waals surface area contributed by atoms with E-state index in [1.54, 1.807) is 0 Å². The van der Waals surface area contributed by atoms with Gasteiger partial charge in [0.2, 0.25) is 5.91 Å². The Hall–Kier alpha value is -1.39. The standard InChI is InChI=1S/C20H30N2O2.ClH/c1-15-4-5-16(2)18(14-15)19(23)6-7-20(24)22-12-9-17(10-13-22)8-11-21-3;/h4-5,14,17,21H,6-13H2,1-3H3;1H. The normalized spacial score (nSPS) is 14.9. The summed E-state index contributed by atoms with van der Waals surface area (Å²) in [6.45, 7) is 6.66. The summed E-state index contributed by atoms with van der Waals surface area (Å²) >= 11 is 0. The summed E-state index contributed by atoms with van der Waals surface area (Å²) in [6.07, 6.45) is 3.98. The van der Waals surface area contributed by atoms with E-state index in [0.717, 1.165) is 55.1 Å². The minimum atomic E-state index is 0. The summed E-state index contributed by atoms with van der Waals surface area (Å²) in [7, 11) is 1.98. The van der Waals surface area contributed by atoms with E-state index in [-0.39, 0.29) is 24.1 Å². The Morgan fingerprint density at radius 3 is 2.48 bits per heavy atom. The number of benzene rings is 1. The number of aryl methyl sites for hydroxylation is 2. The van der Waals surface area contributed by atoms with Crippen LogP contribution in [0.3, 0.4) is 0 Å². The van der Waals surface area contributed by atoms with Gasteiger partial charge >= 0.3 is 0 Å². The predicted molar refractivity (Wildman–Crippen MR) is 105 cm³/mol. The molecule has 0 unspecified atom stereocenters. The lowest BCUT2D eigenvalue weighted by Crippen LogP contribution is -2.39. The molecule has 1 fully saturated rings. The van der Waals surface area contributed by atoms with Crippen LogP contribution in [-0.2, 0) is 4.79 Å². The second-order valence-electron chi connectivity index (χ2n) is 6.96. The maximum Gasteiger partial charge on any atom is 0.223 e. The van der Waals surface area contributed by atoms with Crippen molar-refractivity contribution >= 4 is 24.1 Å². The van der Waals surface area contributed by atoms with Crippen LogP contribution in [0.1, 0.15) is 53.6 Å². The number of rotatable bonds is 7. The fourth-order valence-electron chi connectivity index (χ4n) is 3.37. The van der Waals surface area contributed by atoms with Crippen LogP contribution in [0.4, 0.5) is 0 Å². The lowest BCUT2D eigenvalue weighted by molar-refractivity contribution is -0.132. The minimum Gasteiger partial charge on any atom is -0.343 e. The molecule has 4 nitrogen and oxygen atoms in total. The molecule has 1 amide bonds. The number of nitrogens with one attached hydrogen (secondary N) is 1. The highest BCUT2D eigenvalue weighted by atomic mass is 35.5. The summed E-state index contributed by atoms with van der Waals surface area (Å²) in [6, 6.07) is 5.91. The number of halogens is 1. The molecule has 5 heteroatoms. The molecule has 1 aliphatic heterocycles. The van der Waals surface area contributed by atoms with Gasteiger partial charge in [-0.3, -0.25) is 9.59 Å². The first kappa shape index (κ1) is 21.7. The highest BCUT2D eigenvalue weighted by Crippen LogP contribution is 2.21. The number of hydrogen-bond acceptors (Lipinski definition) is 3. The molecular weight excluding hydrogens is 336 g/mol. The lowest BCUT2D eigenvalue weighted by Gasteiger charge is -2.32. The zero-order valence-corrected chi connectivity index (χ0v) is 16.5. The molecule has 0 radical (unpaired) electrons. The molecular formula is C20H31ClN2O2. The molecule has 0 bridgehead atoms. The van der Waals surface area contributed by atoms with Crippen molar-refractivity contribution in [1.82, 2.24) is 10.2 Å². The molecule has 1 aromatic rings. The van der Waals surface area contributed by atoms with E-state index in [2.05, 4.69) is 5.32 Å². The van der Waals surface area contributed by atoms with Gasteiger partial charge in [-0.15, -0.1) is 12.4 Å². The Labute approximate surface area is 157 Å². The molecule has 1 N–H and O–H groups in total. The van der Waals surface area contributed by atoms with Gasteiger partial charge < -0.3 is 10.2 Å². The number of nitrogens with zero attached hydrogens (tertiary/aromatic N) is 1. The molecule has 1 aromatic carbocycles. The van der Waals surface area contributed by atoms with E-state index in [0.29, 0.717) is 12.8 Å². The van der Waals surface area contributed by atoms with E-state index >= 15 is 0 Å². The third-order valence-electron chi connectivity index (χ3n) is 5.03. The quantitative estimate of drug-likeness (QED) is 0.751. The Bertz CT molecular complexity index is 581. The molecule has 2 rings (SSSR count). The van der Waals surface area contributed by atoms with Crippen LogP contribution in [0.5, 0.6) is 0 Å². The van der Waals surface area contributed by atoms with Gasteiger partial charge in [0.1, 0.15) is 0 Å². The number of likely N-dealkylation sites (tertiary alicyclic amines) is 1. The first-order valence-corrected chi connectivity index (χ1v) is 9.04. The molecule has 140 valence electrons. The number of carbonyl (C=O) groups excluding carboxylic acids is 2. The number of Topliss-reactive ketones (excluding diaryl/α,β-unsaturated/α-hetero) is 1. The third-order valence-corrected chi connectivity index (χ3v) is 5.03. The molecule has 0 spiro atoms. The molecule has 1 saturated heterocycles. The SMILES string of the molecule is CNCCC1CCN(C(=O)CCC(=O)c2cc(C)ccc2C)CC1.Cl. The average Bonchev–Trinajstić information content (AvgIpc) is 2.60. The van der Waals surface area contributed by atoms with E-state index in [1.165, 1.54) is 6.42 Å². The summed E-state index contributed by atoms with van der Waals surface area (Å²) in [4.78, 5) is 26.7. The third kappa shape index (κ3) is 6.44. The van der Waals surface area contributed by atoms with Gasteiger partial charge in [-0.25, -0.2) is 0 Å². The van der Waals surface area contributed by atoms with E-state index in [4.69, 9.17) is 0 Å². The van der Waals surface area contributed by atoms with Crippen LogP contribution in [0.25, 0.3) is 0 Å². The average molecular weight is 367 g/mol. The fraction of sp³-hybridized carbons (Fsp3) is 0.600. The van der Waals surface area contributed by atoms with Crippen molar-refractivity contribution in [3.8, 4) is 0 Å². The van der Waals surface area contributed by atoms with Crippen LogP contribution in [0.2, 0.25) is 0 Å². The van der Waals surface area contributed by atoms with E-state index in [9.17, 15) is 9.59 Å². The topological polar surface area (TPSA) is 49.4 Å². The molecule has 0 aromatic heterocycles. The monoisotopic (exact) mass is 366 g/mol. The maximum atomic E-state index is 12.4. The first-order valence-electron chi connectivity index (χ1n) is 9.04.